The largest absolute Gasteiger partial charge is 0.339 e. The van der Waals surface area contributed by atoms with Crippen molar-refractivity contribution in [2.75, 3.05) is 6.54 Å². The van der Waals surface area contributed by atoms with Crippen LogP contribution in [0.3, 0.4) is 0 Å². The summed E-state index contributed by atoms with van der Waals surface area (Å²) in [5.74, 6) is 1.39. The Morgan fingerprint density at radius 2 is 2.10 bits per heavy atom. The zero-order chi connectivity index (χ0) is 15.3. The third-order valence-corrected chi connectivity index (χ3v) is 3.83. The number of nitrogens with two attached hydrogens (primary N) is 1. The van der Waals surface area contributed by atoms with E-state index in [0.29, 0.717) is 24.7 Å². The minimum atomic E-state index is 0.205. The van der Waals surface area contributed by atoms with Crippen LogP contribution in [-0.4, -0.2) is 16.7 Å². The molecule has 114 valence electrons. The number of nitrogens with zero attached hydrogens (tertiary/aromatic N) is 2. The van der Waals surface area contributed by atoms with E-state index in [0.717, 1.165) is 29.8 Å². The molecule has 0 aliphatic carbocycles. The fourth-order valence-corrected chi connectivity index (χ4v) is 2.47. The summed E-state index contributed by atoms with van der Waals surface area (Å²) in [6.07, 6.45) is 3.41. The van der Waals surface area contributed by atoms with Crippen LogP contribution >= 0.6 is 11.6 Å². The van der Waals surface area contributed by atoms with Crippen molar-refractivity contribution < 1.29 is 4.52 Å². The maximum Gasteiger partial charge on any atom is 0.226 e. The lowest BCUT2D eigenvalue weighted by molar-refractivity contribution is 0.289. The molecule has 1 aromatic carbocycles. The quantitative estimate of drug-likeness (QED) is 0.848. The molecular weight excluding hydrogens is 286 g/mol. The fourth-order valence-electron chi connectivity index (χ4n) is 2.25. The summed E-state index contributed by atoms with van der Waals surface area (Å²) in [7, 11) is 0. The lowest BCUT2D eigenvalue weighted by Crippen LogP contribution is -2.17. The Hall–Kier alpha value is -1.39. The molecule has 4 nitrogen and oxygen atoms in total. The van der Waals surface area contributed by atoms with Gasteiger partial charge in [0, 0.05) is 17.9 Å². The average Bonchev–Trinajstić information content (AvgIpc) is 2.84. The van der Waals surface area contributed by atoms with E-state index in [2.05, 4.69) is 24.0 Å². The van der Waals surface area contributed by atoms with Gasteiger partial charge in [0.1, 0.15) is 0 Å². The predicted molar refractivity (Wildman–Crippen MR) is 84.3 cm³/mol. The summed E-state index contributed by atoms with van der Waals surface area (Å²) in [5, 5.41) is 4.76. The SMILES string of the molecule is CC(C)(CCN)CCc1nc(Cc2cccc(Cl)c2)no1. The Labute approximate surface area is 130 Å². The molecule has 5 heteroatoms. The molecule has 0 bridgehead atoms. The van der Waals surface area contributed by atoms with Gasteiger partial charge in [-0.15, -0.1) is 0 Å². The first-order valence-corrected chi connectivity index (χ1v) is 7.62. The normalized spacial score (nSPS) is 11.8. The molecule has 0 fully saturated rings. The predicted octanol–water partition coefficient (Wildman–Crippen LogP) is 3.62. The van der Waals surface area contributed by atoms with Crippen LogP contribution in [0.4, 0.5) is 0 Å². The number of benzene rings is 1. The highest BCUT2D eigenvalue weighted by molar-refractivity contribution is 6.30. The van der Waals surface area contributed by atoms with E-state index in [-0.39, 0.29) is 5.41 Å². The van der Waals surface area contributed by atoms with E-state index in [1.807, 2.05) is 24.3 Å². The van der Waals surface area contributed by atoms with Crippen LogP contribution < -0.4 is 5.73 Å². The van der Waals surface area contributed by atoms with Gasteiger partial charge in [0.25, 0.3) is 0 Å². The van der Waals surface area contributed by atoms with Gasteiger partial charge in [-0.1, -0.05) is 42.7 Å². The first kappa shape index (κ1) is 16.0. The van der Waals surface area contributed by atoms with E-state index in [4.69, 9.17) is 21.9 Å². The summed E-state index contributed by atoms with van der Waals surface area (Å²) in [4.78, 5) is 4.45. The molecule has 21 heavy (non-hydrogen) atoms. The Bertz CT molecular complexity index is 580. The van der Waals surface area contributed by atoms with Crippen LogP contribution in [0, 0.1) is 5.41 Å². The summed E-state index contributed by atoms with van der Waals surface area (Å²) >= 11 is 5.97. The third kappa shape index (κ3) is 5.14. The first-order valence-electron chi connectivity index (χ1n) is 7.24. The van der Waals surface area contributed by atoms with Crippen LogP contribution in [0.5, 0.6) is 0 Å². The lowest BCUT2D eigenvalue weighted by atomic mass is 9.84. The number of hydrogen-bond donors (Lipinski definition) is 1. The van der Waals surface area contributed by atoms with Gasteiger partial charge in [-0.25, -0.2) is 0 Å². The van der Waals surface area contributed by atoms with Crippen LogP contribution in [0.2, 0.25) is 5.02 Å². The van der Waals surface area contributed by atoms with E-state index >= 15 is 0 Å². The van der Waals surface area contributed by atoms with Crippen molar-refractivity contribution in [2.45, 2.75) is 39.5 Å². The molecule has 0 amide bonds. The third-order valence-electron chi connectivity index (χ3n) is 3.60. The van der Waals surface area contributed by atoms with Gasteiger partial charge in [-0.2, -0.15) is 4.98 Å². The van der Waals surface area contributed by atoms with Crippen LogP contribution in [-0.2, 0) is 12.8 Å². The summed E-state index contributed by atoms with van der Waals surface area (Å²) in [6.45, 7) is 5.13. The molecule has 0 saturated heterocycles. The number of hydrogen-bond acceptors (Lipinski definition) is 4. The molecule has 0 aliphatic rings. The van der Waals surface area contributed by atoms with E-state index < -0.39 is 0 Å². The molecule has 2 N–H and O–H groups in total. The van der Waals surface area contributed by atoms with Gasteiger partial charge in [-0.05, 0) is 42.5 Å². The Morgan fingerprint density at radius 1 is 1.29 bits per heavy atom. The van der Waals surface area contributed by atoms with E-state index in [1.54, 1.807) is 0 Å². The van der Waals surface area contributed by atoms with E-state index in [1.165, 1.54) is 0 Å². The number of halogens is 1. The topological polar surface area (TPSA) is 64.9 Å². The number of aryl methyl sites for hydroxylation is 1. The first-order chi connectivity index (χ1) is 9.98. The molecule has 0 radical (unpaired) electrons. The van der Waals surface area contributed by atoms with Gasteiger partial charge >= 0.3 is 0 Å². The highest BCUT2D eigenvalue weighted by Crippen LogP contribution is 2.26. The highest BCUT2D eigenvalue weighted by atomic mass is 35.5. The van der Waals surface area contributed by atoms with Gasteiger partial charge in [0.15, 0.2) is 5.82 Å². The standard InChI is InChI=1S/C16H22ClN3O/c1-16(2,8-9-18)7-6-15-19-14(20-21-15)11-12-4-3-5-13(17)10-12/h3-5,10H,6-9,11,18H2,1-2H3. The number of rotatable bonds is 7. The average molecular weight is 308 g/mol. The van der Waals surface area contributed by atoms with Crippen molar-refractivity contribution in [1.29, 1.82) is 0 Å². The molecule has 0 aliphatic heterocycles. The van der Waals surface area contributed by atoms with E-state index in [9.17, 15) is 0 Å². The van der Waals surface area contributed by atoms with Crippen LogP contribution in [0.25, 0.3) is 0 Å². The molecule has 1 heterocycles. The molecule has 0 atom stereocenters. The molecule has 0 unspecified atom stereocenters. The summed E-state index contributed by atoms with van der Waals surface area (Å²) in [5.41, 5.74) is 6.91. The van der Waals surface area contributed by atoms with Crippen molar-refractivity contribution in [3.8, 4) is 0 Å². The zero-order valence-electron chi connectivity index (χ0n) is 12.6. The van der Waals surface area contributed by atoms with Crippen molar-refractivity contribution in [3.63, 3.8) is 0 Å². The molecule has 1 aromatic heterocycles. The van der Waals surface area contributed by atoms with Gasteiger partial charge in [0.05, 0.1) is 0 Å². The lowest BCUT2D eigenvalue weighted by Gasteiger charge is -2.22. The Kier molecular flexibility index (Phi) is 5.37. The number of aromatic nitrogens is 2. The maximum absolute atomic E-state index is 5.97. The second-order valence-electron chi connectivity index (χ2n) is 6.11. The monoisotopic (exact) mass is 307 g/mol. The second kappa shape index (κ2) is 7.05. The second-order valence-corrected chi connectivity index (χ2v) is 6.55. The highest BCUT2D eigenvalue weighted by Gasteiger charge is 2.18. The van der Waals surface area contributed by atoms with Crippen LogP contribution in [0.1, 0.15) is 44.0 Å². The van der Waals surface area contributed by atoms with Crippen LogP contribution in [0.15, 0.2) is 28.8 Å². The van der Waals surface area contributed by atoms with Crippen molar-refractivity contribution in [3.05, 3.63) is 46.6 Å². The van der Waals surface area contributed by atoms with Crippen molar-refractivity contribution >= 4 is 11.6 Å². The summed E-state index contributed by atoms with van der Waals surface area (Å²) < 4.78 is 5.32. The zero-order valence-corrected chi connectivity index (χ0v) is 13.4. The maximum atomic E-state index is 5.97. The molecule has 2 rings (SSSR count). The Morgan fingerprint density at radius 3 is 2.81 bits per heavy atom. The van der Waals surface area contributed by atoms with Crippen molar-refractivity contribution in [1.82, 2.24) is 10.1 Å². The van der Waals surface area contributed by atoms with Crippen molar-refractivity contribution in [2.24, 2.45) is 11.1 Å². The minimum Gasteiger partial charge on any atom is -0.339 e. The smallest absolute Gasteiger partial charge is 0.226 e. The molecule has 0 spiro atoms. The van der Waals surface area contributed by atoms with Gasteiger partial charge in [0.2, 0.25) is 5.89 Å². The Balaban J connectivity index is 1.92. The molecule has 0 saturated carbocycles. The summed E-state index contributed by atoms with van der Waals surface area (Å²) in [6, 6.07) is 7.70. The minimum absolute atomic E-state index is 0.205. The molecular formula is C16H22ClN3O. The van der Waals surface area contributed by atoms with Gasteiger partial charge < -0.3 is 10.3 Å². The molecule has 2 aromatic rings. The fraction of sp³-hybridized carbons (Fsp3) is 0.500. The van der Waals surface area contributed by atoms with Gasteiger partial charge in [-0.3, -0.25) is 0 Å².